The van der Waals surface area contributed by atoms with Crippen molar-refractivity contribution in [1.29, 1.82) is 0 Å². The van der Waals surface area contributed by atoms with Gasteiger partial charge >= 0.3 is 5.97 Å². The van der Waals surface area contributed by atoms with Gasteiger partial charge in [0.1, 0.15) is 24.2 Å². The number of carboxylic acids is 1. The molecule has 4 rings (SSSR count). The zero-order valence-corrected chi connectivity index (χ0v) is 12.7. The van der Waals surface area contributed by atoms with E-state index in [1.807, 2.05) is 4.57 Å². The summed E-state index contributed by atoms with van der Waals surface area (Å²) in [6.07, 6.45) is 4.57. The van der Waals surface area contributed by atoms with Gasteiger partial charge < -0.3 is 14.4 Å². The van der Waals surface area contributed by atoms with Crippen LogP contribution in [0.25, 0.3) is 11.4 Å². The molecule has 0 unspecified atom stereocenters. The molecule has 0 aliphatic heterocycles. The Hall–Kier alpha value is -3.43. The molecule has 0 atom stereocenters. The standard InChI is InChI=1S/C15H11FN6O3/c16-8-1-4-11(25-14-12(15(23)24)17-6-18-21-14)10(5-8)13-20-19-7-22(13)9-2-3-9/h1,4-7,9H,2-3H2,(H,23,24). The number of aromatic nitrogens is 6. The van der Waals surface area contributed by atoms with E-state index < -0.39 is 17.5 Å². The SMILES string of the molecule is O=C(O)c1ncnnc1Oc1ccc(F)cc1-c1nncn1C1CC1. The van der Waals surface area contributed by atoms with Crippen LogP contribution in [0.3, 0.4) is 0 Å². The highest BCUT2D eigenvalue weighted by atomic mass is 19.1. The lowest BCUT2D eigenvalue weighted by Gasteiger charge is -2.11. The molecule has 0 saturated heterocycles. The van der Waals surface area contributed by atoms with E-state index in [0.717, 1.165) is 19.2 Å². The Morgan fingerprint density at radius 1 is 1.28 bits per heavy atom. The number of benzene rings is 1. The van der Waals surface area contributed by atoms with Gasteiger partial charge in [-0.2, -0.15) is 0 Å². The lowest BCUT2D eigenvalue weighted by atomic mass is 10.1. The Morgan fingerprint density at radius 3 is 2.88 bits per heavy atom. The fourth-order valence-corrected chi connectivity index (χ4v) is 2.41. The van der Waals surface area contributed by atoms with E-state index in [1.54, 1.807) is 6.33 Å². The van der Waals surface area contributed by atoms with E-state index in [1.165, 1.54) is 18.2 Å². The Labute approximate surface area is 140 Å². The summed E-state index contributed by atoms with van der Waals surface area (Å²) in [6.45, 7) is 0. The molecule has 1 aromatic carbocycles. The van der Waals surface area contributed by atoms with Crippen molar-refractivity contribution >= 4 is 5.97 Å². The van der Waals surface area contributed by atoms with Crippen molar-refractivity contribution in [3.8, 4) is 23.0 Å². The molecule has 1 fully saturated rings. The van der Waals surface area contributed by atoms with Crippen LogP contribution >= 0.6 is 0 Å². The topological polar surface area (TPSA) is 116 Å². The van der Waals surface area contributed by atoms with E-state index in [-0.39, 0.29) is 17.7 Å². The Kier molecular flexibility index (Phi) is 3.56. The lowest BCUT2D eigenvalue weighted by Crippen LogP contribution is -2.07. The van der Waals surface area contributed by atoms with Gasteiger partial charge in [0.15, 0.2) is 5.82 Å². The highest BCUT2D eigenvalue weighted by Crippen LogP contribution is 2.40. The fourth-order valence-electron chi connectivity index (χ4n) is 2.41. The number of carboxylic acid groups (broad SMARTS) is 1. The molecule has 1 N–H and O–H groups in total. The van der Waals surface area contributed by atoms with Crippen LogP contribution < -0.4 is 4.74 Å². The first-order valence-corrected chi connectivity index (χ1v) is 7.41. The van der Waals surface area contributed by atoms with Gasteiger partial charge in [0, 0.05) is 6.04 Å². The molecular weight excluding hydrogens is 331 g/mol. The third-order valence-corrected chi connectivity index (χ3v) is 3.69. The summed E-state index contributed by atoms with van der Waals surface area (Å²) in [4.78, 5) is 14.9. The van der Waals surface area contributed by atoms with Gasteiger partial charge in [0.2, 0.25) is 5.69 Å². The summed E-state index contributed by atoms with van der Waals surface area (Å²) < 4.78 is 21.2. The Balaban J connectivity index is 1.79. The molecule has 0 spiro atoms. The normalized spacial score (nSPS) is 13.6. The van der Waals surface area contributed by atoms with Crippen LogP contribution in [-0.2, 0) is 0 Å². The molecule has 1 aliphatic carbocycles. The van der Waals surface area contributed by atoms with Crippen molar-refractivity contribution < 1.29 is 19.0 Å². The minimum atomic E-state index is -1.31. The average Bonchev–Trinajstić information content (AvgIpc) is 3.34. The number of rotatable bonds is 5. The lowest BCUT2D eigenvalue weighted by molar-refractivity contribution is 0.0686. The zero-order chi connectivity index (χ0) is 17.4. The number of carbonyl (C=O) groups is 1. The first-order valence-electron chi connectivity index (χ1n) is 7.41. The molecule has 0 amide bonds. The van der Waals surface area contributed by atoms with Crippen molar-refractivity contribution in [3.63, 3.8) is 0 Å². The van der Waals surface area contributed by atoms with Crippen molar-refractivity contribution in [2.24, 2.45) is 0 Å². The minimum Gasteiger partial charge on any atom is -0.476 e. The predicted octanol–water partition coefficient (Wildman–Crippen LogP) is 2.09. The van der Waals surface area contributed by atoms with Gasteiger partial charge in [0.05, 0.1) is 5.56 Å². The monoisotopic (exact) mass is 342 g/mol. The molecule has 1 aliphatic rings. The first kappa shape index (κ1) is 15.1. The molecule has 2 aromatic heterocycles. The number of aromatic carboxylic acids is 1. The summed E-state index contributed by atoms with van der Waals surface area (Å²) in [5.74, 6) is -1.47. The summed E-state index contributed by atoms with van der Waals surface area (Å²) in [5.41, 5.74) is -0.0553. The van der Waals surface area contributed by atoms with Crippen molar-refractivity contribution in [2.45, 2.75) is 18.9 Å². The predicted molar refractivity (Wildman–Crippen MR) is 80.5 cm³/mol. The molecule has 2 heterocycles. The highest BCUT2D eigenvalue weighted by molar-refractivity contribution is 5.87. The summed E-state index contributed by atoms with van der Waals surface area (Å²) >= 11 is 0. The number of hydrogen-bond acceptors (Lipinski definition) is 7. The minimum absolute atomic E-state index is 0.182. The van der Waals surface area contributed by atoms with Crippen LogP contribution in [0.15, 0.2) is 30.9 Å². The van der Waals surface area contributed by atoms with Gasteiger partial charge in [-0.25, -0.2) is 14.2 Å². The molecule has 25 heavy (non-hydrogen) atoms. The number of halogens is 1. The Morgan fingerprint density at radius 2 is 2.12 bits per heavy atom. The molecule has 9 nitrogen and oxygen atoms in total. The van der Waals surface area contributed by atoms with Crippen LogP contribution in [0.5, 0.6) is 11.6 Å². The molecule has 126 valence electrons. The van der Waals surface area contributed by atoms with E-state index in [4.69, 9.17) is 9.84 Å². The summed E-state index contributed by atoms with van der Waals surface area (Å²) in [5, 5.41) is 24.3. The molecule has 10 heteroatoms. The van der Waals surface area contributed by atoms with Gasteiger partial charge in [-0.1, -0.05) is 0 Å². The second-order valence-electron chi connectivity index (χ2n) is 5.45. The van der Waals surface area contributed by atoms with Gasteiger partial charge in [-0.3, -0.25) is 0 Å². The van der Waals surface area contributed by atoms with Crippen molar-refractivity contribution in [1.82, 2.24) is 29.9 Å². The van der Waals surface area contributed by atoms with Gasteiger partial charge in [-0.15, -0.1) is 20.4 Å². The maximum absolute atomic E-state index is 13.8. The van der Waals surface area contributed by atoms with Crippen LogP contribution in [0.1, 0.15) is 29.4 Å². The van der Waals surface area contributed by atoms with Crippen LogP contribution in [0.4, 0.5) is 4.39 Å². The third-order valence-electron chi connectivity index (χ3n) is 3.69. The van der Waals surface area contributed by atoms with Gasteiger partial charge in [-0.05, 0) is 31.0 Å². The van der Waals surface area contributed by atoms with Crippen LogP contribution in [-0.4, -0.2) is 41.0 Å². The second kappa shape index (κ2) is 5.89. The second-order valence-corrected chi connectivity index (χ2v) is 5.45. The molecule has 1 saturated carbocycles. The smallest absolute Gasteiger partial charge is 0.360 e. The number of nitrogens with zero attached hydrogens (tertiary/aromatic N) is 6. The van der Waals surface area contributed by atoms with E-state index in [2.05, 4.69) is 25.4 Å². The maximum Gasteiger partial charge on any atom is 0.360 e. The number of ether oxygens (including phenoxy) is 1. The summed E-state index contributed by atoms with van der Waals surface area (Å²) in [6, 6.07) is 4.09. The van der Waals surface area contributed by atoms with Gasteiger partial charge in [0.25, 0.3) is 5.88 Å². The maximum atomic E-state index is 13.8. The average molecular weight is 342 g/mol. The van der Waals surface area contributed by atoms with Crippen molar-refractivity contribution in [2.75, 3.05) is 0 Å². The molecular formula is C15H11FN6O3. The quantitative estimate of drug-likeness (QED) is 0.749. The van der Waals surface area contributed by atoms with E-state index in [9.17, 15) is 9.18 Å². The fraction of sp³-hybridized carbons (Fsp3) is 0.200. The summed E-state index contributed by atoms with van der Waals surface area (Å²) in [7, 11) is 0. The van der Waals surface area contributed by atoms with Crippen LogP contribution in [0.2, 0.25) is 0 Å². The molecule has 3 aromatic rings. The van der Waals surface area contributed by atoms with E-state index >= 15 is 0 Å². The highest BCUT2D eigenvalue weighted by Gasteiger charge is 2.28. The van der Waals surface area contributed by atoms with Crippen molar-refractivity contribution in [3.05, 3.63) is 42.4 Å². The Bertz CT molecular complexity index is 956. The molecule has 0 radical (unpaired) electrons. The first-order chi connectivity index (χ1) is 12.1. The number of hydrogen-bond donors (Lipinski definition) is 1. The molecule has 0 bridgehead atoms. The van der Waals surface area contributed by atoms with E-state index in [0.29, 0.717) is 11.4 Å². The van der Waals surface area contributed by atoms with Crippen LogP contribution in [0, 0.1) is 5.82 Å². The zero-order valence-electron chi connectivity index (χ0n) is 12.7. The largest absolute Gasteiger partial charge is 0.476 e. The third kappa shape index (κ3) is 2.89.